The molecule has 0 saturated carbocycles. The Morgan fingerprint density at radius 1 is 1.12 bits per heavy atom. The van der Waals surface area contributed by atoms with Crippen molar-refractivity contribution in [3.05, 3.63) is 60.4 Å². The molecule has 0 spiro atoms. The van der Waals surface area contributed by atoms with Gasteiger partial charge in [0, 0.05) is 11.6 Å². The quantitative estimate of drug-likeness (QED) is 0.622. The largest absolute Gasteiger partial charge is 0.464 e. The fraction of sp³-hybridized carbons (Fsp3) is 0.125. The van der Waals surface area contributed by atoms with Crippen LogP contribution < -0.4 is 0 Å². The molecule has 1 radical (unpaired) electrons. The third-order valence-electron chi connectivity index (χ3n) is 3.02. The first-order chi connectivity index (χ1) is 8.38. The molecular formula is C16H13O. The zero-order valence-electron chi connectivity index (χ0n) is 9.73. The Morgan fingerprint density at radius 2 is 2.00 bits per heavy atom. The smallest absolute Gasteiger partial charge is 0.134 e. The highest BCUT2D eigenvalue weighted by Crippen LogP contribution is 2.28. The van der Waals surface area contributed by atoms with Crippen LogP contribution in [0.25, 0.3) is 22.1 Å². The van der Waals surface area contributed by atoms with Crippen molar-refractivity contribution in [3.63, 3.8) is 0 Å². The highest BCUT2D eigenvalue weighted by atomic mass is 16.3. The lowest BCUT2D eigenvalue weighted by molar-refractivity contribution is 0.581. The van der Waals surface area contributed by atoms with Crippen LogP contribution in [0.2, 0.25) is 0 Å². The summed E-state index contributed by atoms with van der Waals surface area (Å²) in [6, 6.07) is 17.9. The van der Waals surface area contributed by atoms with E-state index in [1.165, 1.54) is 10.9 Å². The van der Waals surface area contributed by atoms with E-state index in [9.17, 15) is 0 Å². The van der Waals surface area contributed by atoms with E-state index in [0.717, 1.165) is 23.1 Å². The van der Waals surface area contributed by atoms with Gasteiger partial charge in [-0.2, -0.15) is 0 Å². The van der Waals surface area contributed by atoms with Gasteiger partial charge in [0.15, 0.2) is 0 Å². The van der Waals surface area contributed by atoms with Crippen LogP contribution in [0.4, 0.5) is 0 Å². The van der Waals surface area contributed by atoms with E-state index < -0.39 is 0 Å². The molecule has 3 rings (SSSR count). The molecule has 0 amide bonds. The van der Waals surface area contributed by atoms with Crippen LogP contribution in [0.15, 0.2) is 53.1 Å². The van der Waals surface area contributed by atoms with Gasteiger partial charge in [0.1, 0.15) is 5.76 Å². The summed E-state index contributed by atoms with van der Waals surface area (Å²) in [5.41, 5.74) is 2.36. The first-order valence-corrected chi connectivity index (χ1v) is 5.86. The van der Waals surface area contributed by atoms with Gasteiger partial charge >= 0.3 is 0 Å². The van der Waals surface area contributed by atoms with Crippen molar-refractivity contribution < 1.29 is 4.42 Å². The van der Waals surface area contributed by atoms with Crippen molar-refractivity contribution in [3.8, 4) is 11.3 Å². The van der Waals surface area contributed by atoms with Crippen LogP contribution in [-0.2, 0) is 6.42 Å². The van der Waals surface area contributed by atoms with Crippen molar-refractivity contribution in [2.45, 2.75) is 13.3 Å². The average Bonchev–Trinajstić information content (AvgIpc) is 2.91. The minimum Gasteiger partial charge on any atom is -0.464 e. The maximum atomic E-state index is 5.48. The van der Waals surface area contributed by atoms with Gasteiger partial charge in [-0.15, -0.1) is 0 Å². The fourth-order valence-electron chi connectivity index (χ4n) is 2.13. The standard InChI is InChI=1S/C16H13O/c1-2-12-10-13-6-3-4-7-14(13)11-15(12)16-8-5-9-17-16/h3-10H,2H2,1H3. The summed E-state index contributed by atoms with van der Waals surface area (Å²) in [6.07, 6.45) is 2.69. The Bertz CT molecular complexity index is 636. The van der Waals surface area contributed by atoms with Crippen molar-refractivity contribution in [2.24, 2.45) is 0 Å². The molecule has 0 aliphatic carbocycles. The summed E-state index contributed by atoms with van der Waals surface area (Å²) in [7, 11) is 0. The fourth-order valence-corrected chi connectivity index (χ4v) is 2.13. The molecule has 83 valence electrons. The van der Waals surface area contributed by atoms with Crippen molar-refractivity contribution in [1.29, 1.82) is 0 Å². The third-order valence-corrected chi connectivity index (χ3v) is 3.02. The number of hydrogen-bond donors (Lipinski definition) is 0. The predicted octanol–water partition coefficient (Wildman–Crippen LogP) is 4.46. The highest BCUT2D eigenvalue weighted by Gasteiger charge is 2.08. The van der Waals surface area contributed by atoms with Crippen molar-refractivity contribution >= 4 is 10.8 Å². The molecule has 0 bridgehead atoms. The van der Waals surface area contributed by atoms with Crippen LogP contribution in [0, 0.1) is 6.07 Å². The Kier molecular flexibility index (Phi) is 2.45. The topological polar surface area (TPSA) is 13.1 Å². The Hall–Kier alpha value is -2.02. The van der Waals surface area contributed by atoms with E-state index in [-0.39, 0.29) is 0 Å². The molecule has 0 fully saturated rings. The van der Waals surface area contributed by atoms with Gasteiger partial charge in [-0.25, -0.2) is 0 Å². The number of aryl methyl sites for hydroxylation is 1. The van der Waals surface area contributed by atoms with Gasteiger partial charge in [0.2, 0.25) is 0 Å². The van der Waals surface area contributed by atoms with Gasteiger partial charge in [-0.3, -0.25) is 0 Å². The summed E-state index contributed by atoms with van der Waals surface area (Å²) in [5.74, 6) is 0.896. The summed E-state index contributed by atoms with van der Waals surface area (Å²) < 4.78 is 5.48. The molecule has 3 aromatic rings. The van der Waals surface area contributed by atoms with Gasteiger partial charge in [-0.05, 0) is 34.9 Å². The van der Waals surface area contributed by atoms with Crippen LogP contribution >= 0.6 is 0 Å². The van der Waals surface area contributed by atoms with E-state index in [1.54, 1.807) is 6.26 Å². The molecule has 0 aliphatic heterocycles. The number of fused-ring (bicyclic) bond motifs is 1. The molecular weight excluding hydrogens is 208 g/mol. The highest BCUT2D eigenvalue weighted by molar-refractivity contribution is 5.87. The SMILES string of the molecule is CCc1cc2ccccc2[c]c1-c1ccco1. The van der Waals surface area contributed by atoms with E-state index in [2.05, 4.69) is 37.3 Å². The summed E-state index contributed by atoms with van der Waals surface area (Å²) >= 11 is 0. The Balaban J connectivity index is 2.29. The van der Waals surface area contributed by atoms with E-state index in [0.29, 0.717) is 0 Å². The van der Waals surface area contributed by atoms with Gasteiger partial charge in [-0.1, -0.05) is 37.3 Å². The van der Waals surface area contributed by atoms with Crippen molar-refractivity contribution in [2.75, 3.05) is 0 Å². The number of hydrogen-bond acceptors (Lipinski definition) is 1. The lowest BCUT2D eigenvalue weighted by Crippen LogP contribution is -1.88. The van der Waals surface area contributed by atoms with Crippen LogP contribution in [0.3, 0.4) is 0 Å². The summed E-state index contributed by atoms with van der Waals surface area (Å²) in [5, 5.41) is 2.37. The molecule has 0 atom stereocenters. The number of benzene rings is 2. The molecule has 0 aliphatic rings. The molecule has 1 heteroatoms. The first kappa shape index (κ1) is 10.2. The lowest BCUT2D eigenvalue weighted by atomic mass is 9.98. The van der Waals surface area contributed by atoms with Gasteiger partial charge in [0.05, 0.1) is 6.26 Å². The molecule has 0 N–H and O–H groups in total. The van der Waals surface area contributed by atoms with Crippen LogP contribution in [0.5, 0.6) is 0 Å². The lowest BCUT2D eigenvalue weighted by Gasteiger charge is -2.07. The molecule has 0 saturated heterocycles. The monoisotopic (exact) mass is 221 g/mol. The van der Waals surface area contributed by atoms with Crippen LogP contribution in [0.1, 0.15) is 12.5 Å². The number of furan rings is 1. The average molecular weight is 221 g/mol. The van der Waals surface area contributed by atoms with Crippen LogP contribution in [-0.4, -0.2) is 0 Å². The molecule has 1 heterocycles. The van der Waals surface area contributed by atoms with E-state index in [4.69, 9.17) is 4.42 Å². The second kappa shape index (κ2) is 4.10. The Labute approximate surface area is 101 Å². The number of rotatable bonds is 2. The van der Waals surface area contributed by atoms with Gasteiger partial charge < -0.3 is 4.42 Å². The molecule has 2 aromatic carbocycles. The van der Waals surface area contributed by atoms with E-state index >= 15 is 0 Å². The van der Waals surface area contributed by atoms with Gasteiger partial charge in [0.25, 0.3) is 0 Å². The normalized spacial score (nSPS) is 10.9. The molecule has 0 unspecified atom stereocenters. The second-order valence-corrected chi connectivity index (χ2v) is 4.09. The Morgan fingerprint density at radius 3 is 2.76 bits per heavy atom. The molecule has 17 heavy (non-hydrogen) atoms. The zero-order valence-corrected chi connectivity index (χ0v) is 9.73. The maximum absolute atomic E-state index is 5.48. The molecule has 1 aromatic heterocycles. The summed E-state index contributed by atoms with van der Waals surface area (Å²) in [4.78, 5) is 0. The third kappa shape index (κ3) is 1.74. The minimum absolute atomic E-state index is 0.896. The maximum Gasteiger partial charge on any atom is 0.134 e. The zero-order chi connectivity index (χ0) is 11.7. The first-order valence-electron chi connectivity index (χ1n) is 5.86. The minimum atomic E-state index is 0.896. The summed E-state index contributed by atoms with van der Waals surface area (Å²) in [6.45, 7) is 2.16. The predicted molar refractivity (Wildman–Crippen MR) is 69.9 cm³/mol. The second-order valence-electron chi connectivity index (χ2n) is 4.09. The van der Waals surface area contributed by atoms with E-state index in [1.807, 2.05) is 18.2 Å². The van der Waals surface area contributed by atoms with Crippen molar-refractivity contribution in [1.82, 2.24) is 0 Å². The molecule has 1 nitrogen and oxygen atoms in total.